The Bertz CT molecular complexity index is 434. The number of nitrogens with zero attached hydrogens (tertiary/aromatic N) is 3. The average molecular weight is 266 g/mol. The third kappa shape index (κ3) is 2.88. The van der Waals surface area contributed by atoms with Gasteiger partial charge in [-0.3, -0.25) is 9.67 Å². The summed E-state index contributed by atoms with van der Waals surface area (Å²) in [5.74, 6) is 0.771. The third-order valence-corrected chi connectivity index (χ3v) is 4.80. The topological polar surface area (TPSA) is 42.2 Å². The molecule has 0 aliphatic carbocycles. The highest BCUT2D eigenvalue weighted by Crippen LogP contribution is 2.31. The second kappa shape index (κ2) is 5.78. The van der Waals surface area contributed by atoms with E-state index in [-0.39, 0.29) is 0 Å². The highest BCUT2D eigenvalue weighted by atomic mass is 32.2. The first-order valence-electron chi connectivity index (χ1n) is 6.62. The molecule has 100 valence electrons. The zero-order valence-electron chi connectivity index (χ0n) is 11.6. The molecule has 4 nitrogen and oxygen atoms in total. The van der Waals surface area contributed by atoms with Gasteiger partial charge >= 0.3 is 0 Å². The minimum atomic E-state index is 0.638. The molecule has 0 fully saturated rings. The molecule has 2 heterocycles. The van der Waals surface area contributed by atoms with Gasteiger partial charge < -0.3 is 5.32 Å². The van der Waals surface area contributed by atoms with Gasteiger partial charge in [0, 0.05) is 18.5 Å². The van der Waals surface area contributed by atoms with E-state index in [1.807, 2.05) is 36.6 Å². The quantitative estimate of drug-likeness (QED) is 0.910. The number of hydrogen-bond acceptors (Lipinski definition) is 4. The number of aromatic nitrogens is 2. The van der Waals surface area contributed by atoms with Crippen molar-refractivity contribution in [1.82, 2.24) is 9.78 Å². The van der Waals surface area contributed by atoms with Crippen molar-refractivity contribution in [3.8, 4) is 0 Å². The number of hydrogen-bond donors (Lipinski definition) is 1. The van der Waals surface area contributed by atoms with E-state index in [4.69, 9.17) is 0 Å². The number of rotatable bonds is 4. The molecule has 0 spiro atoms. The second-order valence-electron chi connectivity index (χ2n) is 4.81. The molecular weight excluding hydrogens is 244 g/mol. The lowest BCUT2D eigenvalue weighted by Crippen LogP contribution is -2.17. The molecular formula is C13H22N4S. The molecule has 1 aromatic rings. The van der Waals surface area contributed by atoms with Gasteiger partial charge in [-0.05, 0) is 12.8 Å². The van der Waals surface area contributed by atoms with Crippen molar-refractivity contribution in [3.63, 3.8) is 0 Å². The second-order valence-corrected chi connectivity index (χ2v) is 6.03. The van der Waals surface area contributed by atoms with Crippen LogP contribution >= 0.6 is 11.8 Å². The number of anilines is 1. The van der Waals surface area contributed by atoms with Crippen LogP contribution in [0.4, 0.5) is 5.69 Å². The standard InChI is InChI=1S/C13H22N4S/c1-5-10(6-2)12-7-14-13(18-12)15-11-8-17(4)16-9(11)3/h8,10,12H,5-7H2,1-4H3,(H,14,15). The maximum Gasteiger partial charge on any atom is 0.161 e. The summed E-state index contributed by atoms with van der Waals surface area (Å²) in [6.45, 7) is 7.50. The van der Waals surface area contributed by atoms with Crippen LogP contribution in [-0.2, 0) is 7.05 Å². The van der Waals surface area contributed by atoms with Gasteiger partial charge in [0.15, 0.2) is 5.17 Å². The molecule has 1 atom stereocenters. The summed E-state index contributed by atoms with van der Waals surface area (Å²) in [5, 5.41) is 9.40. The molecule has 1 unspecified atom stereocenters. The average Bonchev–Trinajstić information content (AvgIpc) is 2.89. The summed E-state index contributed by atoms with van der Waals surface area (Å²) in [7, 11) is 1.94. The summed E-state index contributed by atoms with van der Waals surface area (Å²) in [4.78, 5) is 4.61. The van der Waals surface area contributed by atoms with E-state index in [0.717, 1.165) is 29.0 Å². The van der Waals surface area contributed by atoms with Gasteiger partial charge in [0.2, 0.25) is 0 Å². The maximum atomic E-state index is 4.61. The molecule has 0 saturated heterocycles. The van der Waals surface area contributed by atoms with Gasteiger partial charge in [-0.2, -0.15) is 5.10 Å². The molecule has 0 amide bonds. The van der Waals surface area contributed by atoms with Crippen LogP contribution in [0.3, 0.4) is 0 Å². The molecule has 0 bridgehead atoms. The van der Waals surface area contributed by atoms with Gasteiger partial charge in [-0.1, -0.05) is 38.5 Å². The van der Waals surface area contributed by atoms with Crippen LogP contribution in [0.15, 0.2) is 11.2 Å². The minimum absolute atomic E-state index is 0.638. The summed E-state index contributed by atoms with van der Waals surface area (Å²) in [6, 6.07) is 0. The number of thioether (sulfide) groups is 1. The first kappa shape index (κ1) is 13.5. The molecule has 1 aliphatic rings. The Morgan fingerprint density at radius 2 is 2.22 bits per heavy atom. The third-order valence-electron chi connectivity index (χ3n) is 3.51. The van der Waals surface area contributed by atoms with Crippen LogP contribution in [0.5, 0.6) is 0 Å². The number of aliphatic imine (C=N–C) groups is 1. The van der Waals surface area contributed by atoms with E-state index in [0.29, 0.717) is 5.25 Å². The molecule has 0 aromatic carbocycles. The zero-order valence-corrected chi connectivity index (χ0v) is 12.4. The first-order chi connectivity index (χ1) is 8.63. The SMILES string of the molecule is CCC(CC)C1CN=C(Nc2cn(C)nc2C)S1. The van der Waals surface area contributed by atoms with Gasteiger partial charge in [-0.25, -0.2) is 0 Å². The molecule has 1 N–H and O–H groups in total. The van der Waals surface area contributed by atoms with E-state index >= 15 is 0 Å². The molecule has 0 saturated carbocycles. The zero-order chi connectivity index (χ0) is 13.1. The van der Waals surface area contributed by atoms with Crippen molar-refractivity contribution < 1.29 is 0 Å². The lowest BCUT2D eigenvalue weighted by molar-refractivity contribution is 0.479. The fourth-order valence-corrected chi connectivity index (χ4v) is 3.69. The fourth-order valence-electron chi connectivity index (χ4n) is 2.36. The van der Waals surface area contributed by atoms with Crippen molar-refractivity contribution in [2.45, 2.75) is 38.9 Å². The Kier molecular flexibility index (Phi) is 4.32. The summed E-state index contributed by atoms with van der Waals surface area (Å²) in [6.07, 6.45) is 4.48. The molecule has 2 rings (SSSR count). The Morgan fingerprint density at radius 1 is 1.50 bits per heavy atom. The highest BCUT2D eigenvalue weighted by Gasteiger charge is 2.26. The summed E-state index contributed by atoms with van der Waals surface area (Å²) in [5.41, 5.74) is 2.08. The molecule has 1 aromatic heterocycles. The Hall–Kier alpha value is -0.970. The summed E-state index contributed by atoms with van der Waals surface area (Å²) < 4.78 is 1.83. The number of nitrogens with one attached hydrogen (secondary N) is 1. The Morgan fingerprint density at radius 3 is 2.78 bits per heavy atom. The first-order valence-corrected chi connectivity index (χ1v) is 7.50. The van der Waals surface area contributed by atoms with E-state index in [1.54, 1.807) is 0 Å². The van der Waals surface area contributed by atoms with Crippen molar-refractivity contribution in [1.29, 1.82) is 0 Å². The number of aryl methyl sites for hydroxylation is 2. The van der Waals surface area contributed by atoms with Crippen molar-refractivity contribution in [3.05, 3.63) is 11.9 Å². The Balaban J connectivity index is 1.95. The fraction of sp³-hybridized carbons (Fsp3) is 0.692. The smallest absolute Gasteiger partial charge is 0.161 e. The minimum Gasteiger partial charge on any atom is -0.332 e. The predicted octanol–water partition coefficient (Wildman–Crippen LogP) is 3.05. The van der Waals surface area contributed by atoms with Crippen LogP contribution in [-0.4, -0.2) is 26.7 Å². The van der Waals surface area contributed by atoms with Crippen LogP contribution in [0.1, 0.15) is 32.4 Å². The van der Waals surface area contributed by atoms with Crippen LogP contribution < -0.4 is 5.32 Å². The molecule has 0 radical (unpaired) electrons. The van der Waals surface area contributed by atoms with Crippen molar-refractivity contribution in [2.24, 2.45) is 18.0 Å². The molecule has 18 heavy (non-hydrogen) atoms. The largest absolute Gasteiger partial charge is 0.332 e. The normalized spacial score (nSPS) is 19.4. The molecule has 1 aliphatic heterocycles. The summed E-state index contributed by atoms with van der Waals surface area (Å²) >= 11 is 1.88. The van der Waals surface area contributed by atoms with Gasteiger partial charge in [0.25, 0.3) is 0 Å². The van der Waals surface area contributed by atoms with Gasteiger partial charge in [0.05, 0.1) is 17.9 Å². The van der Waals surface area contributed by atoms with Crippen LogP contribution in [0.25, 0.3) is 0 Å². The lowest BCUT2D eigenvalue weighted by atomic mass is 9.99. The van der Waals surface area contributed by atoms with Crippen LogP contribution in [0, 0.1) is 12.8 Å². The van der Waals surface area contributed by atoms with Crippen LogP contribution in [0.2, 0.25) is 0 Å². The van der Waals surface area contributed by atoms with E-state index in [2.05, 4.69) is 29.3 Å². The van der Waals surface area contributed by atoms with E-state index in [9.17, 15) is 0 Å². The van der Waals surface area contributed by atoms with Gasteiger partial charge in [0.1, 0.15) is 0 Å². The van der Waals surface area contributed by atoms with E-state index in [1.165, 1.54) is 12.8 Å². The Labute approximate surface area is 113 Å². The predicted molar refractivity (Wildman–Crippen MR) is 79.3 cm³/mol. The highest BCUT2D eigenvalue weighted by molar-refractivity contribution is 8.15. The number of amidine groups is 1. The maximum absolute atomic E-state index is 4.61. The van der Waals surface area contributed by atoms with Crippen molar-refractivity contribution in [2.75, 3.05) is 11.9 Å². The monoisotopic (exact) mass is 266 g/mol. The lowest BCUT2D eigenvalue weighted by Gasteiger charge is -2.18. The molecule has 5 heteroatoms. The van der Waals surface area contributed by atoms with Gasteiger partial charge in [-0.15, -0.1) is 0 Å². The van der Waals surface area contributed by atoms with Crippen molar-refractivity contribution >= 4 is 22.6 Å². The van der Waals surface area contributed by atoms with E-state index < -0.39 is 0 Å².